The summed E-state index contributed by atoms with van der Waals surface area (Å²) >= 11 is 12.0. The van der Waals surface area contributed by atoms with E-state index in [1.165, 1.54) is 11.8 Å². The molecule has 1 fully saturated rings. The highest BCUT2D eigenvalue weighted by Gasteiger charge is 2.46. The molecule has 0 radical (unpaired) electrons. The Kier molecular flexibility index (Phi) is 6.22. The van der Waals surface area contributed by atoms with Crippen LogP contribution in [0.15, 0.2) is 78.4 Å². The van der Waals surface area contributed by atoms with Crippen LogP contribution >= 0.6 is 23.2 Å². The van der Waals surface area contributed by atoms with Crippen molar-refractivity contribution in [3.8, 4) is 0 Å². The molecule has 3 aromatic rings. The van der Waals surface area contributed by atoms with Gasteiger partial charge in [-0.2, -0.15) is 0 Å². The minimum absolute atomic E-state index is 0.0458. The van der Waals surface area contributed by atoms with Gasteiger partial charge in [-0.15, -0.1) is 0 Å². The van der Waals surface area contributed by atoms with Gasteiger partial charge < -0.3 is 10.4 Å². The number of nitrogens with one attached hydrogen (secondary N) is 1. The quantitative estimate of drug-likeness (QED) is 0.290. The number of hydrogen-bond acceptors (Lipinski definition) is 4. The predicted octanol–water partition coefficient (Wildman–Crippen LogP) is 5.58. The number of ketones is 1. The molecule has 0 spiro atoms. The van der Waals surface area contributed by atoms with Crippen LogP contribution < -0.4 is 10.2 Å². The van der Waals surface area contributed by atoms with E-state index in [4.69, 9.17) is 23.2 Å². The third kappa shape index (κ3) is 4.49. The zero-order valence-corrected chi connectivity index (χ0v) is 18.9. The number of aliphatic hydroxyl groups excluding tert-OH is 1. The number of Topliss-reactive ketones (excluding diaryl/α,β-unsaturated/α-hetero) is 1. The summed E-state index contributed by atoms with van der Waals surface area (Å²) in [7, 11) is 0. The minimum atomic E-state index is -0.885. The number of rotatable bonds is 4. The van der Waals surface area contributed by atoms with Gasteiger partial charge in [-0.25, -0.2) is 0 Å². The van der Waals surface area contributed by atoms with E-state index < -0.39 is 17.7 Å². The largest absolute Gasteiger partial charge is 0.507 e. The van der Waals surface area contributed by atoms with E-state index in [9.17, 15) is 19.5 Å². The fraction of sp³-hybridized carbons (Fsp3) is 0.0800. The lowest BCUT2D eigenvalue weighted by molar-refractivity contribution is -0.132. The maximum absolute atomic E-state index is 13.1. The summed E-state index contributed by atoms with van der Waals surface area (Å²) in [4.78, 5) is 38.9. The lowest BCUT2D eigenvalue weighted by Gasteiger charge is -2.25. The molecule has 166 valence electrons. The molecule has 0 bridgehead atoms. The molecule has 1 saturated heterocycles. The zero-order chi connectivity index (χ0) is 23.7. The Morgan fingerprint density at radius 3 is 1.97 bits per heavy atom. The van der Waals surface area contributed by atoms with E-state index in [1.54, 1.807) is 72.8 Å². The number of halogens is 2. The van der Waals surface area contributed by atoms with Crippen molar-refractivity contribution >= 4 is 57.9 Å². The molecule has 1 atom stereocenters. The molecule has 3 aromatic carbocycles. The van der Waals surface area contributed by atoms with Gasteiger partial charge in [0.1, 0.15) is 5.76 Å². The summed E-state index contributed by atoms with van der Waals surface area (Å²) in [5, 5.41) is 14.7. The van der Waals surface area contributed by atoms with Crippen molar-refractivity contribution in [3.63, 3.8) is 0 Å². The van der Waals surface area contributed by atoms with Crippen LogP contribution in [0.1, 0.15) is 24.1 Å². The predicted molar refractivity (Wildman–Crippen MR) is 128 cm³/mol. The van der Waals surface area contributed by atoms with E-state index in [0.29, 0.717) is 32.5 Å². The maximum atomic E-state index is 13.1. The second kappa shape index (κ2) is 9.10. The summed E-state index contributed by atoms with van der Waals surface area (Å²) in [6.07, 6.45) is 0. The molecule has 6 nitrogen and oxygen atoms in total. The van der Waals surface area contributed by atoms with Gasteiger partial charge in [-0.1, -0.05) is 35.3 Å². The molecule has 4 rings (SSSR count). The highest BCUT2D eigenvalue weighted by atomic mass is 35.5. The molecular weight excluding hydrogens is 463 g/mol. The van der Waals surface area contributed by atoms with Crippen molar-refractivity contribution in [1.82, 2.24) is 0 Å². The Bertz CT molecular complexity index is 1270. The van der Waals surface area contributed by atoms with E-state index in [1.807, 2.05) is 0 Å². The first-order chi connectivity index (χ1) is 15.8. The van der Waals surface area contributed by atoms with Crippen molar-refractivity contribution < 1.29 is 19.5 Å². The summed E-state index contributed by atoms with van der Waals surface area (Å²) < 4.78 is 0. The average Bonchev–Trinajstić information content (AvgIpc) is 3.05. The van der Waals surface area contributed by atoms with Gasteiger partial charge >= 0.3 is 0 Å². The summed E-state index contributed by atoms with van der Waals surface area (Å²) in [5.74, 6) is -2.12. The second-order valence-corrected chi connectivity index (χ2v) is 8.33. The Morgan fingerprint density at radius 1 is 0.879 bits per heavy atom. The number of carbonyl (C=O) groups excluding carboxylic acids is 3. The van der Waals surface area contributed by atoms with Gasteiger partial charge in [-0.05, 0) is 66.2 Å². The number of carbonyl (C=O) groups is 3. The highest BCUT2D eigenvalue weighted by molar-refractivity contribution is 6.51. The van der Waals surface area contributed by atoms with Crippen LogP contribution in [0.3, 0.4) is 0 Å². The molecule has 1 unspecified atom stereocenters. The number of hydrogen-bond donors (Lipinski definition) is 2. The van der Waals surface area contributed by atoms with Gasteiger partial charge in [0.25, 0.3) is 11.7 Å². The monoisotopic (exact) mass is 480 g/mol. The molecule has 2 N–H and O–H groups in total. The molecule has 1 heterocycles. The van der Waals surface area contributed by atoms with Crippen LogP contribution in [-0.4, -0.2) is 22.7 Å². The third-order valence-electron chi connectivity index (χ3n) is 5.21. The van der Waals surface area contributed by atoms with Crippen LogP contribution in [0.25, 0.3) is 5.76 Å². The summed E-state index contributed by atoms with van der Waals surface area (Å²) in [6, 6.07) is 18.7. The topological polar surface area (TPSA) is 86.7 Å². The summed E-state index contributed by atoms with van der Waals surface area (Å²) in [6.45, 7) is 1.39. The minimum Gasteiger partial charge on any atom is -0.507 e. The van der Waals surface area contributed by atoms with Crippen molar-refractivity contribution in [2.24, 2.45) is 0 Å². The van der Waals surface area contributed by atoms with Crippen LogP contribution in [0.2, 0.25) is 10.0 Å². The third-order valence-corrected chi connectivity index (χ3v) is 5.72. The van der Waals surface area contributed by atoms with Crippen LogP contribution in [0.5, 0.6) is 0 Å². The lowest BCUT2D eigenvalue weighted by atomic mass is 9.95. The molecule has 33 heavy (non-hydrogen) atoms. The standard InChI is InChI=1S/C25H18Cl2N2O4/c1-14(30)28-19-10-12-20(13-11-19)29-22(15-2-6-17(26)7-3-15)21(24(32)25(29)33)23(31)16-4-8-18(27)9-5-16/h2-13,22,31H,1H3,(H,28,30)/b23-21-. The Hall–Kier alpha value is -3.61. The Morgan fingerprint density at radius 2 is 1.42 bits per heavy atom. The van der Waals surface area contributed by atoms with E-state index in [-0.39, 0.29) is 17.2 Å². The van der Waals surface area contributed by atoms with Gasteiger partial charge in [0.05, 0.1) is 11.6 Å². The second-order valence-electron chi connectivity index (χ2n) is 7.46. The van der Waals surface area contributed by atoms with Gasteiger partial charge in [-0.3, -0.25) is 19.3 Å². The van der Waals surface area contributed by atoms with Crippen molar-refractivity contribution in [2.45, 2.75) is 13.0 Å². The fourth-order valence-corrected chi connectivity index (χ4v) is 3.98. The molecule has 0 aliphatic carbocycles. The number of aliphatic hydroxyl groups is 1. The van der Waals surface area contributed by atoms with Crippen LogP contribution in [0.4, 0.5) is 11.4 Å². The molecule has 0 aromatic heterocycles. The molecule has 8 heteroatoms. The molecule has 0 saturated carbocycles. The molecular formula is C25H18Cl2N2O4. The molecule has 1 aliphatic rings. The maximum Gasteiger partial charge on any atom is 0.300 e. The van der Waals surface area contributed by atoms with E-state index in [0.717, 1.165) is 0 Å². The highest BCUT2D eigenvalue weighted by Crippen LogP contribution is 2.42. The normalized spacial score (nSPS) is 17.3. The first-order valence-electron chi connectivity index (χ1n) is 9.96. The zero-order valence-electron chi connectivity index (χ0n) is 17.4. The van der Waals surface area contributed by atoms with Crippen LogP contribution in [-0.2, 0) is 14.4 Å². The molecule has 2 amide bonds. The Balaban J connectivity index is 1.87. The Labute approximate surface area is 200 Å². The summed E-state index contributed by atoms with van der Waals surface area (Å²) in [5.41, 5.74) is 1.89. The first kappa shape index (κ1) is 22.6. The van der Waals surface area contributed by atoms with E-state index in [2.05, 4.69) is 5.32 Å². The average molecular weight is 481 g/mol. The van der Waals surface area contributed by atoms with Crippen molar-refractivity contribution in [3.05, 3.63) is 99.5 Å². The van der Waals surface area contributed by atoms with E-state index >= 15 is 0 Å². The number of nitrogens with zero attached hydrogens (tertiary/aromatic N) is 1. The fourth-order valence-electron chi connectivity index (χ4n) is 3.73. The van der Waals surface area contributed by atoms with Gasteiger partial charge in [0.15, 0.2) is 0 Å². The van der Waals surface area contributed by atoms with Crippen LogP contribution in [0, 0.1) is 0 Å². The number of benzene rings is 3. The number of anilines is 2. The SMILES string of the molecule is CC(=O)Nc1ccc(N2C(=O)C(=O)/C(=C(\O)c3ccc(Cl)cc3)C2c2ccc(Cl)cc2)cc1. The van der Waals surface area contributed by atoms with Gasteiger partial charge in [0.2, 0.25) is 5.91 Å². The lowest BCUT2D eigenvalue weighted by Crippen LogP contribution is -2.29. The van der Waals surface area contributed by atoms with Crippen molar-refractivity contribution in [2.75, 3.05) is 10.2 Å². The molecule has 1 aliphatic heterocycles. The van der Waals surface area contributed by atoms with Gasteiger partial charge in [0, 0.05) is 33.9 Å². The number of amides is 2. The van der Waals surface area contributed by atoms with Crippen molar-refractivity contribution in [1.29, 1.82) is 0 Å². The first-order valence-corrected chi connectivity index (χ1v) is 10.7. The smallest absolute Gasteiger partial charge is 0.300 e.